The van der Waals surface area contributed by atoms with Gasteiger partial charge in [0, 0.05) is 54.9 Å². The summed E-state index contributed by atoms with van der Waals surface area (Å²) in [4.78, 5) is 18.1. The van der Waals surface area contributed by atoms with Gasteiger partial charge in [0.25, 0.3) is 0 Å². The first-order valence-electron chi connectivity index (χ1n) is 14.1. The normalized spacial score (nSPS) is 22.3. The highest BCUT2D eigenvalue weighted by molar-refractivity contribution is 6.03. The number of rotatable bonds is 5. The number of aromatic nitrogens is 3. The van der Waals surface area contributed by atoms with Crippen LogP contribution in [0.15, 0.2) is 42.6 Å². The Hall–Kier alpha value is -4.33. The van der Waals surface area contributed by atoms with Crippen LogP contribution in [0.1, 0.15) is 24.8 Å². The Labute approximate surface area is 242 Å². The molecule has 3 fully saturated rings. The van der Waals surface area contributed by atoms with E-state index in [9.17, 15) is 9.50 Å². The number of piperazine rings is 1. The molecule has 2 aromatic heterocycles. The second-order valence-electron chi connectivity index (χ2n) is 11.5. The number of hydrogen-bond acceptors (Lipinski definition) is 8. The van der Waals surface area contributed by atoms with Crippen molar-refractivity contribution in [1.82, 2.24) is 25.2 Å². The predicted molar refractivity (Wildman–Crippen MR) is 158 cm³/mol. The number of likely N-dealkylation sites (N-methyl/N-ethyl adjacent to an activating group) is 1. The van der Waals surface area contributed by atoms with Crippen LogP contribution < -0.4 is 15.0 Å². The van der Waals surface area contributed by atoms with Crippen molar-refractivity contribution in [3.05, 3.63) is 59.8 Å². The van der Waals surface area contributed by atoms with E-state index < -0.39 is 11.6 Å². The highest BCUT2D eigenvalue weighted by atomic mass is 19.1. The van der Waals surface area contributed by atoms with Gasteiger partial charge >= 0.3 is 6.01 Å². The summed E-state index contributed by atoms with van der Waals surface area (Å²) in [6.07, 6.45) is 10.1. The van der Waals surface area contributed by atoms with Crippen LogP contribution in [0.5, 0.6) is 11.8 Å². The van der Waals surface area contributed by atoms with Gasteiger partial charge in [0.1, 0.15) is 35.2 Å². The Kier molecular flexibility index (Phi) is 6.44. The largest absolute Gasteiger partial charge is 0.508 e. The predicted octanol–water partition coefficient (Wildman–Crippen LogP) is 4.39. The zero-order valence-corrected chi connectivity index (χ0v) is 23.2. The molecule has 0 aliphatic carbocycles. The highest BCUT2D eigenvalue weighted by Gasteiger charge is 2.34. The molecular formula is C32H30F2N6O2. The van der Waals surface area contributed by atoms with Crippen LogP contribution in [0.2, 0.25) is 0 Å². The van der Waals surface area contributed by atoms with Crippen LogP contribution in [0, 0.1) is 24.0 Å². The Morgan fingerprint density at radius 3 is 2.69 bits per heavy atom. The highest BCUT2D eigenvalue weighted by Crippen LogP contribution is 2.39. The van der Waals surface area contributed by atoms with Crippen LogP contribution in [-0.2, 0) is 0 Å². The molecule has 8 nitrogen and oxygen atoms in total. The summed E-state index contributed by atoms with van der Waals surface area (Å²) in [5, 5.41) is 15.3. The number of likely N-dealkylation sites (tertiary alicyclic amines) is 1. The summed E-state index contributed by atoms with van der Waals surface area (Å²) in [5.74, 6) is 1.46. The van der Waals surface area contributed by atoms with Gasteiger partial charge in [0.15, 0.2) is 5.82 Å². The van der Waals surface area contributed by atoms with E-state index in [-0.39, 0.29) is 45.5 Å². The third-order valence-corrected chi connectivity index (χ3v) is 8.64. The molecule has 214 valence electrons. The Balaban J connectivity index is 1.38. The summed E-state index contributed by atoms with van der Waals surface area (Å²) >= 11 is 0. The maximum atomic E-state index is 16.6. The summed E-state index contributed by atoms with van der Waals surface area (Å²) in [7, 11) is 2.01. The van der Waals surface area contributed by atoms with Gasteiger partial charge in [0.05, 0.1) is 10.9 Å². The fourth-order valence-corrected chi connectivity index (χ4v) is 6.63. The second-order valence-corrected chi connectivity index (χ2v) is 11.5. The Morgan fingerprint density at radius 2 is 1.98 bits per heavy atom. The molecule has 42 heavy (non-hydrogen) atoms. The Bertz CT molecular complexity index is 1790. The number of pyridine rings is 1. The van der Waals surface area contributed by atoms with E-state index >= 15 is 4.39 Å². The van der Waals surface area contributed by atoms with Crippen molar-refractivity contribution in [3.63, 3.8) is 0 Å². The minimum absolute atomic E-state index is 0.0326. The van der Waals surface area contributed by atoms with Gasteiger partial charge in [-0.2, -0.15) is 9.97 Å². The number of benzene rings is 2. The van der Waals surface area contributed by atoms with Gasteiger partial charge in [0.2, 0.25) is 0 Å². The first-order valence-corrected chi connectivity index (χ1v) is 14.1. The minimum atomic E-state index is -0.732. The third-order valence-electron chi connectivity index (χ3n) is 8.64. The molecular weight excluding hydrogens is 538 g/mol. The van der Waals surface area contributed by atoms with Gasteiger partial charge in [-0.3, -0.25) is 9.88 Å². The molecule has 0 unspecified atom stereocenters. The molecule has 7 rings (SSSR count). The van der Waals surface area contributed by atoms with Gasteiger partial charge < -0.3 is 20.1 Å². The molecule has 0 spiro atoms. The molecule has 4 aromatic rings. The zero-order valence-electron chi connectivity index (χ0n) is 23.2. The summed E-state index contributed by atoms with van der Waals surface area (Å²) < 4.78 is 37.5. The summed E-state index contributed by atoms with van der Waals surface area (Å²) in [6, 6.07) is 6.35. The average Bonchev–Trinajstić information content (AvgIpc) is 3.49. The first-order chi connectivity index (χ1) is 20.3. The summed E-state index contributed by atoms with van der Waals surface area (Å²) in [5.41, 5.74) is 1.20. The molecule has 2 aromatic carbocycles. The molecule has 2 bridgehead atoms. The monoisotopic (exact) mass is 568 g/mol. The number of nitrogens with one attached hydrogen (secondary N) is 1. The van der Waals surface area contributed by atoms with Crippen LogP contribution in [-0.4, -0.2) is 76.4 Å². The van der Waals surface area contributed by atoms with E-state index in [1.807, 2.05) is 7.05 Å². The maximum Gasteiger partial charge on any atom is 0.319 e. The number of phenols is 1. The van der Waals surface area contributed by atoms with Crippen LogP contribution in [0.3, 0.4) is 0 Å². The molecule has 0 amide bonds. The van der Waals surface area contributed by atoms with Crippen LogP contribution in [0.25, 0.3) is 32.9 Å². The van der Waals surface area contributed by atoms with Crippen LogP contribution in [0.4, 0.5) is 14.6 Å². The number of fused-ring (bicyclic) bond motifs is 4. The molecule has 3 aliphatic heterocycles. The van der Waals surface area contributed by atoms with Crippen molar-refractivity contribution in [3.8, 4) is 35.4 Å². The molecule has 3 atom stereocenters. The van der Waals surface area contributed by atoms with Crippen molar-refractivity contribution in [2.24, 2.45) is 0 Å². The molecule has 3 aliphatic rings. The van der Waals surface area contributed by atoms with Crippen molar-refractivity contribution in [1.29, 1.82) is 0 Å². The smallest absolute Gasteiger partial charge is 0.319 e. The fourth-order valence-electron chi connectivity index (χ4n) is 6.63. The number of aromatic hydroxyl groups is 1. The van der Waals surface area contributed by atoms with E-state index in [4.69, 9.17) is 16.1 Å². The van der Waals surface area contributed by atoms with E-state index in [2.05, 4.69) is 37.6 Å². The average molecular weight is 569 g/mol. The quantitative estimate of drug-likeness (QED) is 0.271. The minimum Gasteiger partial charge on any atom is -0.508 e. The number of nitrogens with zero attached hydrogens (tertiary/aromatic N) is 5. The molecule has 0 radical (unpaired) electrons. The van der Waals surface area contributed by atoms with Gasteiger partial charge in [-0.25, -0.2) is 8.78 Å². The van der Waals surface area contributed by atoms with E-state index in [1.165, 1.54) is 30.5 Å². The topological polar surface area (TPSA) is 86.6 Å². The zero-order chi connectivity index (χ0) is 29.1. The lowest BCUT2D eigenvalue weighted by Gasteiger charge is -2.34. The molecule has 10 heteroatoms. The standard InChI is InChI=1S/C32H30F2N6O2/c1-4-23-26(33)8-5-18-10-22(41)11-24(27(18)23)29-28(34)30-25(12-35-29)31(40-14-19-6-7-20(15-40)36-19)38-32(37-30)42-16-21-9-17(2)13-39(21)3/h1,5,8,10-12,19-21,36,41H,2,6-7,9,13-16H2,3H3/t19-,20+,21-/m0/s1. The van der Waals surface area contributed by atoms with Gasteiger partial charge in [-0.1, -0.05) is 24.1 Å². The van der Waals surface area contributed by atoms with Crippen molar-refractivity contribution < 1.29 is 18.6 Å². The fraction of sp³-hybridized carbons (Fsp3) is 0.344. The number of ether oxygens (including phenoxy) is 1. The van der Waals surface area contributed by atoms with Crippen molar-refractivity contribution >= 4 is 27.5 Å². The van der Waals surface area contributed by atoms with Crippen molar-refractivity contribution in [2.75, 3.05) is 38.2 Å². The molecule has 5 heterocycles. The number of terminal acetylenes is 1. The Morgan fingerprint density at radius 1 is 1.19 bits per heavy atom. The van der Waals surface area contributed by atoms with Crippen molar-refractivity contribution in [2.45, 2.75) is 37.4 Å². The maximum absolute atomic E-state index is 16.6. The molecule has 3 saturated heterocycles. The number of anilines is 1. The lowest BCUT2D eigenvalue weighted by molar-refractivity contribution is 0.188. The lowest BCUT2D eigenvalue weighted by Crippen LogP contribution is -2.51. The van der Waals surface area contributed by atoms with Crippen LogP contribution >= 0.6 is 0 Å². The summed E-state index contributed by atoms with van der Waals surface area (Å²) in [6.45, 7) is 6.66. The third kappa shape index (κ3) is 4.49. The number of hydrogen-bond donors (Lipinski definition) is 2. The second kappa shape index (κ2) is 10.2. The first kappa shape index (κ1) is 26.6. The van der Waals surface area contributed by atoms with E-state index in [1.54, 1.807) is 0 Å². The van der Waals surface area contributed by atoms with E-state index in [0.717, 1.165) is 44.5 Å². The van der Waals surface area contributed by atoms with Gasteiger partial charge in [-0.05, 0) is 49.9 Å². The number of phenolic OH excluding ortho intramolecular Hbond substituents is 1. The SMILES string of the molecule is C#Cc1c(F)ccc2cc(O)cc(-c3ncc4c(N5C[C@H]6CC[C@@H](C5)N6)nc(OC[C@@H]5CC(=C)CN5C)nc4c3F)c12. The lowest BCUT2D eigenvalue weighted by atomic mass is 9.96. The molecule has 2 N–H and O–H groups in total. The number of halogens is 2. The molecule has 0 saturated carbocycles. The van der Waals surface area contributed by atoms with Gasteiger partial charge in [-0.15, -0.1) is 6.42 Å². The van der Waals surface area contributed by atoms with E-state index in [0.29, 0.717) is 35.3 Å².